The summed E-state index contributed by atoms with van der Waals surface area (Å²) in [6.45, 7) is 1.71. The van der Waals surface area contributed by atoms with E-state index in [0.717, 1.165) is 6.42 Å². The fraction of sp³-hybridized carbons (Fsp3) is 0.321. The molecule has 4 heterocycles. The van der Waals surface area contributed by atoms with Gasteiger partial charge in [-0.25, -0.2) is 18.7 Å². The SMILES string of the molecule is CN(C)CCOc1cc(F)c(N2CCC[C@@H]2c2csc(NC(=O)c3cccn3Cc3ccnc(F)c3)n2)c(F)c1. The number of rotatable bonds is 10. The van der Waals surface area contributed by atoms with Crippen LogP contribution >= 0.6 is 11.3 Å². The standard InChI is InChI=1S/C28H29F3N6O2S/c1-35(2)11-12-39-19-14-20(29)26(21(30)15-19)37-10-4-5-23(37)22-17-40-28(33-22)34-27(38)24-6-3-9-36(24)16-18-7-8-32-25(31)13-18/h3,6-9,13-15,17,23H,4-5,10-12,16H2,1-2H3,(H,33,34,38)/t23-/m1/s1. The van der Waals surface area contributed by atoms with Gasteiger partial charge in [-0.05, 0) is 56.8 Å². The van der Waals surface area contributed by atoms with E-state index in [2.05, 4.69) is 15.3 Å². The van der Waals surface area contributed by atoms with Crippen LogP contribution in [0.5, 0.6) is 5.75 Å². The molecule has 4 aromatic rings. The summed E-state index contributed by atoms with van der Waals surface area (Å²) in [5, 5.41) is 4.99. The van der Waals surface area contributed by atoms with Crippen molar-refractivity contribution in [2.45, 2.75) is 25.4 Å². The van der Waals surface area contributed by atoms with Crippen molar-refractivity contribution in [1.29, 1.82) is 0 Å². The van der Waals surface area contributed by atoms with Gasteiger partial charge in [0.15, 0.2) is 16.8 Å². The number of ether oxygens (including phenoxy) is 1. The Hall–Kier alpha value is -3.90. The average molecular weight is 571 g/mol. The van der Waals surface area contributed by atoms with E-state index in [1.54, 1.807) is 39.2 Å². The maximum Gasteiger partial charge on any atom is 0.274 e. The third-order valence-electron chi connectivity index (χ3n) is 6.63. The van der Waals surface area contributed by atoms with Gasteiger partial charge in [0.2, 0.25) is 5.95 Å². The van der Waals surface area contributed by atoms with E-state index in [1.807, 2.05) is 19.0 Å². The van der Waals surface area contributed by atoms with Gasteiger partial charge in [-0.1, -0.05) is 0 Å². The van der Waals surface area contributed by atoms with Gasteiger partial charge in [-0.2, -0.15) is 4.39 Å². The topological polar surface area (TPSA) is 75.5 Å². The molecule has 5 rings (SSSR count). The molecule has 1 aliphatic rings. The first-order chi connectivity index (χ1) is 19.3. The van der Waals surface area contributed by atoms with E-state index in [9.17, 15) is 9.18 Å². The highest BCUT2D eigenvalue weighted by atomic mass is 32.1. The van der Waals surface area contributed by atoms with Crippen molar-refractivity contribution < 1.29 is 22.7 Å². The fourth-order valence-electron chi connectivity index (χ4n) is 4.74. The monoisotopic (exact) mass is 570 g/mol. The first kappa shape index (κ1) is 27.7. The third-order valence-corrected chi connectivity index (χ3v) is 7.40. The van der Waals surface area contributed by atoms with Gasteiger partial charge < -0.3 is 19.1 Å². The molecule has 0 bridgehead atoms. The van der Waals surface area contributed by atoms with Gasteiger partial charge in [0, 0.05) is 49.5 Å². The maximum atomic E-state index is 15.1. The summed E-state index contributed by atoms with van der Waals surface area (Å²) in [5.74, 6) is -2.19. The molecule has 1 aromatic carbocycles. The molecule has 1 saturated heterocycles. The summed E-state index contributed by atoms with van der Waals surface area (Å²) < 4.78 is 50.9. The third kappa shape index (κ3) is 6.28. The first-order valence-electron chi connectivity index (χ1n) is 12.8. The van der Waals surface area contributed by atoms with Crippen LogP contribution in [0.2, 0.25) is 0 Å². The first-order valence-corrected chi connectivity index (χ1v) is 13.7. The number of likely N-dealkylation sites (N-methyl/N-ethyl adjacent to an activating group) is 1. The molecular formula is C28H29F3N6O2S. The number of hydrogen-bond donors (Lipinski definition) is 1. The number of amides is 1. The molecule has 0 saturated carbocycles. The number of nitrogens with zero attached hydrogens (tertiary/aromatic N) is 5. The highest BCUT2D eigenvalue weighted by molar-refractivity contribution is 7.14. The number of hydrogen-bond acceptors (Lipinski definition) is 7. The number of thiazole rings is 1. The van der Waals surface area contributed by atoms with E-state index < -0.39 is 17.6 Å². The van der Waals surface area contributed by atoms with Crippen molar-refractivity contribution in [3.05, 3.63) is 88.7 Å². The van der Waals surface area contributed by atoms with Crippen molar-refractivity contribution in [3.63, 3.8) is 0 Å². The molecule has 8 nitrogen and oxygen atoms in total. The van der Waals surface area contributed by atoms with Crippen molar-refractivity contribution in [2.24, 2.45) is 0 Å². The second-order valence-electron chi connectivity index (χ2n) is 9.78. The number of benzene rings is 1. The van der Waals surface area contributed by atoms with E-state index in [4.69, 9.17) is 4.74 Å². The lowest BCUT2D eigenvalue weighted by Gasteiger charge is -2.26. The number of carbonyl (C=O) groups is 1. The van der Waals surface area contributed by atoms with Crippen LogP contribution in [-0.4, -0.2) is 59.1 Å². The normalized spacial score (nSPS) is 15.2. The lowest BCUT2D eigenvalue weighted by molar-refractivity contribution is 0.101. The number of aromatic nitrogens is 3. The minimum Gasteiger partial charge on any atom is -0.492 e. The Morgan fingerprint density at radius 2 is 2.00 bits per heavy atom. The molecule has 40 heavy (non-hydrogen) atoms. The Kier molecular flexibility index (Phi) is 8.36. The molecule has 0 spiro atoms. The predicted octanol–water partition coefficient (Wildman–Crippen LogP) is 5.34. The zero-order chi connectivity index (χ0) is 28.2. The van der Waals surface area contributed by atoms with Gasteiger partial charge in [-0.3, -0.25) is 10.1 Å². The Morgan fingerprint density at radius 1 is 1.20 bits per heavy atom. The number of pyridine rings is 1. The average Bonchev–Trinajstić information content (AvgIpc) is 3.65. The smallest absolute Gasteiger partial charge is 0.274 e. The number of nitrogens with one attached hydrogen (secondary N) is 1. The summed E-state index contributed by atoms with van der Waals surface area (Å²) in [6, 6.07) is 8.49. The molecule has 1 amide bonds. The van der Waals surface area contributed by atoms with Crippen molar-refractivity contribution in [1.82, 2.24) is 19.4 Å². The summed E-state index contributed by atoms with van der Waals surface area (Å²) >= 11 is 1.24. The molecule has 0 unspecified atom stereocenters. The van der Waals surface area contributed by atoms with Gasteiger partial charge >= 0.3 is 0 Å². The second-order valence-corrected chi connectivity index (χ2v) is 10.6. The zero-order valence-corrected chi connectivity index (χ0v) is 22.9. The molecule has 1 atom stereocenters. The van der Waals surface area contributed by atoms with Crippen LogP contribution < -0.4 is 15.0 Å². The lowest BCUT2D eigenvalue weighted by Crippen LogP contribution is -2.25. The van der Waals surface area contributed by atoms with Crippen LogP contribution in [0.1, 0.15) is 40.6 Å². The minimum absolute atomic E-state index is 0.105. The summed E-state index contributed by atoms with van der Waals surface area (Å²) in [6.07, 6.45) is 4.53. The van der Waals surface area contributed by atoms with Crippen LogP contribution in [0.15, 0.2) is 54.2 Å². The van der Waals surface area contributed by atoms with Crippen molar-refractivity contribution >= 4 is 28.1 Å². The molecule has 0 radical (unpaired) electrons. The summed E-state index contributed by atoms with van der Waals surface area (Å²) in [4.78, 5) is 24.8. The quantitative estimate of drug-likeness (QED) is 0.260. The van der Waals surface area contributed by atoms with E-state index >= 15 is 8.78 Å². The fourth-order valence-corrected chi connectivity index (χ4v) is 5.49. The Morgan fingerprint density at radius 3 is 2.75 bits per heavy atom. The minimum atomic E-state index is -0.689. The van der Waals surface area contributed by atoms with Crippen LogP contribution in [0.25, 0.3) is 0 Å². The van der Waals surface area contributed by atoms with Gasteiger partial charge in [-0.15, -0.1) is 11.3 Å². The number of anilines is 2. The Bertz CT molecular complexity index is 1470. The molecule has 1 aliphatic heterocycles. The molecular weight excluding hydrogens is 541 g/mol. The van der Waals surface area contributed by atoms with Crippen LogP contribution in [0.3, 0.4) is 0 Å². The molecule has 1 fully saturated rings. The number of halogens is 3. The molecule has 210 valence electrons. The molecule has 1 N–H and O–H groups in total. The maximum absolute atomic E-state index is 15.1. The predicted molar refractivity (Wildman–Crippen MR) is 148 cm³/mol. The zero-order valence-electron chi connectivity index (χ0n) is 22.1. The van der Waals surface area contributed by atoms with E-state index in [0.29, 0.717) is 54.7 Å². The van der Waals surface area contributed by atoms with Crippen LogP contribution in [0.4, 0.5) is 24.0 Å². The van der Waals surface area contributed by atoms with Gasteiger partial charge in [0.05, 0.1) is 11.7 Å². The van der Waals surface area contributed by atoms with E-state index in [1.165, 1.54) is 35.7 Å². The Balaban J connectivity index is 1.28. The highest BCUT2D eigenvalue weighted by Gasteiger charge is 2.32. The van der Waals surface area contributed by atoms with Crippen molar-refractivity contribution in [2.75, 3.05) is 44.0 Å². The summed E-state index contributed by atoms with van der Waals surface area (Å²) in [7, 11) is 3.78. The molecule has 12 heteroatoms. The van der Waals surface area contributed by atoms with Crippen LogP contribution in [-0.2, 0) is 6.54 Å². The van der Waals surface area contributed by atoms with Crippen molar-refractivity contribution in [3.8, 4) is 5.75 Å². The van der Waals surface area contributed by atoms with Gasteiger partial charge in [0.1, 0.15) is 23.7 Å². The number of carbonyl (C=O) groups excluding carboxylic acids is 1. The molecule has 3 aromatic heterocycles. The van der Waals surface area contributed by atoms with E-state index in [-0.39, 0.29) is 23.4 Å². The lowest BCUT2D eigenvalue weighted by atomic mass is 10.1. The largest absolute Gasteiger partial charge is 0.492 e. The second kappa shape index (κ2) is 12.1. The molecule has 0 aliphatic carbocycles. The Labute approximate surface area is 234 Å². The summed E-state index contributed by atoms with van der Waals surface area (Å²) in [5.41, 5.74) is 1.58. The highest BCUT2D eigenvalue weighted by Crippen LogP contribution is 2.40. The van der Waals surface area contributed by atoms with Gasteiger partial charge in [0.25, 0.3) is 5.91 Å². The van der Waals surface area contributed by atoms with Crippen LogP contribution in [0, 0.1) is 17.6 Å².